The van der Waals surface area contributed by atoms with Crippen LogP contribution in [-0.2, 0) is 4.74 Å². The lowest BCUT2D eigenvalue weighted by Crippen LogP contribution is -2.40. The van der Waals surface area contributed by atoms with E-state index in [4.69, 9.17) is 4.74 Å². The molecular weight excluding hydrogens is 268 g/mol. The van der Waals surface area contributed by atoms with E-state index in [1.54, 1.807) is 11.9 Å². The molecule has 1 atom stereocenters. The second kappa shape index (κ2) is 9.47. The van der Waals surface area contributed by atoms with Crippen LogP contribution in [0.25, 0.3) is 0 Å². The van der Waals surface area contributed by atoms with Crippen LogP contribution < -0.4 is 10.6 Å². The summed E-state index contributed by atoms with van der Waals surface area (Å²) in [5.41, 5.74) is -0.466. The van der Waals surface area contributed by atoms with Crippen LogP contribution in [0.3, 0.4) is 0 Å². The van der Waals surface area contributed by atoms with Gasteiger partial charge in [0.15, 0.2) is 5.96 Å². The van der Waals surface area contributed by atoms with Crippen molar-refractivity contribution in [2.24, 2.45) is 4.99 Å². The van der Waals surface area contributed by atoms with Crippen LogP contribution in [0.4, 0.5) is 4.79 Å². The molecule has 1 amide bonds. The van der Waals surface area contributed by atoms with Gasteiger partial charge in [-0.25, -0.2) is 4.79 Å². The number of hydrogen-bond donors (Lipinski definition) is 2. The number of aliphatic imine (C=N–C) groups is 1. The Morgan fingerprint density at radius 2 is 1.76 bits per heavy atom. The first-order valence-corrected chi connectivity index (χ1v) is 7.69. The highest BCUT2D eigenvalue weighted by molar-refractivity contribution is 5.79. The third-order valence-corrected chi connectivity index (χ3v) is 2.85. The molecule has 0 aliphatic heterocycles. The molecule has 124 valence electrons. The Hall–Kier alpha value is -1.46. The molecule has 0 saturated carbocycles. The van der Waals surface area contributed by atoms with E-state index in [9.17, 15) is 4.79 Å². The molecule has 1 unspecified atom stereocenters. The van der Waals surface area contributed by atoms with E-state index in [0.29, 0.717) is 6.54 Å². The monoisotopic (exact) mass is 300 g/mol. The number of nitrogens with one attached hydrogen (secondary N) is 2. The molecule has 0 aromatic heterocycles. The van der Waals surface area contributed by atoms with Crippen molar-refractivity contribution < 1.29 is 9.53 Å². The molecule has 0 spiro atoms. The third-order valence-electron chi connectivity index (χ3n) is 2.85. The summed E-state index contributed by atoms with van der Waals surface area (Å²) < 4.78 is 5.35. The smallest absolute Gasteiger partial charge is 0.410 e. The van der Waals surface area contributed by atoms with Gasteiger partial charge >= 0.3 is 6.09 Å². The van der Waals surface area contributed by atoms with Gasteiger partial charge in [0.1, 0.15) is 5.60 Å². The van der Waals surface area contributed by atoms with Crippen molar-refractivity contribution in [3.8, 4) is 0 Å². The summed E-state index contributed by atoms with van der Waals surface area (Å²) >= 11 is 0. The summed E-state index contributed by atoms with van der Waals surface area (Å²) in [7, 11) is 1.76. The van der Waals surface area contributed by atoms with Gasteiger partial charge in [0.05, 0.1) is 0 Å². The maximum absolute atomic E-state index is 11.9. The number of amides is 1. The number of hydrogen-bond acceptors (Lipinski definition) is 3. The van der Waals surface area contributed by atoms with Crippen LogP contribution in [0.2, 0.25) is 0 Å². The predicted octanol–water partition coefficient (Wildman–Crippen LogP) is 2.21. The van der Waals surface area contributed by atoms with Crippen molar-refractivity contribution >= 4 is 12.1 Å². The van der Waals surface area contributed by atoms with Crippen LogP contribution in [-0.4, -0.2) is 55.3 Å². The lowest BCUT2D eigenvalue weighted by Gasteiger charge is -2.28. The highest BCUT2D eigenvalue weighted by Crippen LogP contribution is 2.11. The van der Waals surface area contributed by atoms with Gasteiger partial charge < -0.3 is 20.3 Å². The normalized spacial score (nSPS) is 12.3. The molecule has 0 heterocycles. The zero-order chi connectivity index (χ0) is 16.5. The Kier molecular flexibility index (Phi) is 8.81. The summed E-state index contributed by atoms with van der Waals surface area (Å²) in [5, 5.41) is 6.35. The second-order valence-electron chi connectivity index (χ2n) is 6.02. The average Bonchev–Trinajstić information content (AvgIpc) is 2.36. The second-order valence-corrected chi connectivity index (χ2v) is 6.02. The fraction of sp³-hybridized carbons (Fsp3) is 0.867. The quantitative estimate of drug-likeness (QED) is 0.583. The van der Waals surface area contributed by atoms with Crippen LogP contribution in [0, 0.1) is 0 Å². The molecule has 0 rings (SSSR count). The van der Waals surface area contributed by atoms with E-state index in [0.717, 1.165) is 25.5 Å². The molecule has 0 fully saturated rings. The predicted molar refractivity (Wildman–Crippen MR) is 87.7 cm³/mol. The van der Waals surface area contributed by atoms with Crippen molar-refractivity contribution in [2.75, 3.05) is 26.7 Å². The minimum Gasteiger partial charge on any atom is -0.444 e. The summed E-state index contributed by atoms with van der Waals surface area (Å²) in [6, 6.07) is 0.0769. The van der Waals surface area contributed by atoms with Crippen LogP contribution in [0.15, 0.2) is 4.99 Å². The van der Waals surface area contributed by atoms with Crippen molar-refractivity contribution in [1.82, 2.24) is 15.5 Å². The minimum absolute atomic E-state index is 0.0769. The molecule has 0 aromatic rings. The fourth-order valence-electron chi connectivity index (χ4n) is 1.58. The maximum Gasteiger partial charge on any atom is 0.410 e. The van der Waals surface area contributed by atoms with Crippen molar-refractivity contribution in [1.29, 1.82) is 0 Å². The Balaban J connectivity index is 4.31. The Morgan fingerprint density at radius 1 is 1.24 bits per heavy atom. The lowest BCUT2D eigenvalue weighted by molar-refractivity contribution is 0.0231. The summed E-state index contributed by atoms with van der Waals surface area (Å²) in [4.78, 5) is 18.0. The van der Waals surface area contributed by atoms with Gasteiger partial charge in [0.25, 0.3) is 0 Å². The Bertz CT molecular complexity index is 329. The zero-order valence-corrected chi connectivity index (χ0v) is 14.6. The number of carbonyl (C=O) groups excluding carboxylic acids is 1. The molecule has 0 saturated heterocycles. The van der Waals surface area contributed by atoms with Crippen molar-refractivity contribution in [3.05, 3.63) is 0 Å². The van der Waals surface area contributed by atoms with Crippen LogP contribution in [0.1, 0.15) is 48.0 Å². The minimum atomic E-state index is -0.466. The number of carbonyl (C=O) groups is 1. The number of guanidine groups is 1. The van der Waals surface area contributed by atoms with Crippen molar-refractivity contribution in [2.45, 2.75) is 59.6 Å². The Morgan fingerprint density at radius 3 is 2.19 bits per heavy atom. The largest absolute Gasteiger partial charge is 0.444 e. The summed E-state index contributed by atoms with van der Waals surface area (Å²) in [6.07, 6.45) is 0.494. The van der Waals surface area contributed by atoms with Gasteiger partial charge in [-0.05, 0) is 48.0 Å². The molecule has 6 heteroatoms. The molecule has 21 heavy (non-hydrogen) atoms. The molecule has 0 radical (unpaired) electrons. The first-order chi connectivity index (χ1) is 9.71. The number of nitrogens with zero attached hydrogens (tertiary/aromatic N) is 2. The molecule has 0 aromatic carbocycles. The fourth-order valence-corrected chi connectivity index (χ4v) is 1.58. The number of ether oxygens (including phenoxy) is 1. The van der Waals surface area contributed by atoms with Gasteiger partial charge in [0, 0.05) is 32.7 Å². The highest BCUT2D eigenvalue weighted by atomic mass is 16.6. The van der Waals surface area contributed by atoms with Gasteiger partial charge in [-0.3, -0.25) is 4.99 Å². The highest BCUT2D eigenvalue weighted by Gasteiger charge is 2.22. The van der Waals surface area contributed by atoms with E-state index in [-0.39, 0.29) is 12.1 Å². The summed E-state index contributed by atoms with van der Waals surface area (Å²) in [5.74, 6) is 0.812. The van der Waals surface area contributed by atoms with Gasteiger partial charge in [-0.2, -0.15) is 0 Å². The zero-order valence-electron chi connectivity index (χ0n) is 14.6. The van der Waals surface area contributed by atoms with Gasteiger partial charge in [-0.15, -0.1) is 0 Å². The molecular formula is C15H32N4O2. The van der Waals surface area contributed by atoms with Crippen LogP contribution >= 0.6 is 0 Å². The first-order valence-electron chi connectivity index (χ1n) is 7.69. The molecule has 0 aliphatic carbocycles. The van der Waals surface area contributed by atoms with E-state index >= 15 is 0 Å². The van der Waals surface area contributed by atoms with E-state index < -0.39 is 5.60 Å². The standard InChI is InChI=1S/C15H32N4O2/c1-8-16-13(17-9-2)18-11-10-12(3)19(7)14(20)21-15(4,5)6/h12H,8-11H2,1-7H3,(H2,16,17,18). The lowest BCUT2D eigenvalue weighted by atomic mass is 10.2. The molecule has 2 N–H and O–H groups in total. The molecule has 0 bridgehead atoms. The van der Waals surface area contributed by atoms with E-state index in [1.807, 2.05) is 41.5 Å². The van der Waals surface area contributed by atoms with Gasteiger partial charge in [0.2, 0.25) is 0 Å². The van der Waals surface area contributed by atoms with Crippen molar-refractivity contribution in [3.63, 3.8) is 0 Å². The molecule has 6 nitrogen and oxygen atoms in total. The topological polar surface area (TPSA) is 66.0 Å². The van der Waals surface area contributed by atoms with Crippen LogP contribution in [0.5, 0.6) is 0 Å². The third kappa shape index (κ3) is 9.15. The average molecular weight is 300 g/mol. The molecule has 0 aliphatic rings. The first kappa shape index (κ1) is 19.5. The number of rotatable bonds is 6. The van der Waals surface area contributed by atoms with E-state index in [2.05, 4.69) is 15.6 Å². The SMILES string of the molecule is CCNC(=NCCC(C)N(C)C(=O)OC(C)(C)C)NCC. The maximum atomic E-state index is 11.9. The Labute approximate surface area is 129 Å². The summed E-state index contributed by atoms with van der Waals surface area (Å²) in [6.45, 7) is 14.0. The van der Waals surface area contributed by atoms with E-state index in [1.165, 1.54) is 0 Å². The van der Waals surface area contributed by atoms with Gasteiger partial charge in [-0.1, -0.05) is 0 Å².